The van der Waals surface area contributed by atoms with Crippen LogP contribution in [0.15, 0.2) is 72.8 Å². The molecule has 0 saturated heterocycles. The first-order valence-corrected chi connectivity index (χ1v) is 12.1. The van der Waals surface area contributed by atoms with Crippen LogP contribution < -0.4 is 21.3 Å². The van der Waals surface area contributed by atoms with Crippen molar-refractivity contribution in [2.45, 2.75) is 32.9 Å². The zero-order valence-corrected chi connectivity index (χ0v) is 21.0. The van der Waals surface area contributed by atoms with Crippen molar-refractivity contribution in [3.05, 3.63) is 78.4 Å². The Morgan fingerprint density at radius 2 is 1.54 bits per heavy atom. The molecule has 4 amide bonds. The fourth-order valence-corrected chi connectivity index (χ4v) is 3.87. The van der Waals surface area contributed by atoms with Gasteiger partial charge in [-0.3, -0.25) is 19.3 Å². The van der Waals surface area contributed by atoms with E-state index in [0.717, 1.165) is 16.3 Å². The van der Waals surface area contributed by atoms with E-state index in [1.165, 1.54) is 4.90 Å². The maximum Gasteiger partial charge on any atom is 0.407 e. The monoisotopic (exact) mass is 504 g/mol. The van der Waals surface area contributed by atoms with Gasteiger partial charge in [-0.2, -0.15) is 0 Å². The van der Waals surface area contributed by atoms with Crippen LogP contribution >= 0.6 is 0 Å². The minimum Gasteiger partial charge on any atom is -0.445 e. The maximum absolute atomic E-state index is 13.3. The van der Waals surface area contributed by atoms with E-state index in [0.29, 0.717) is 12.1 Å². The number of hydrogen-bond acceptors (Lipinski definition) is 5. The van der Waals surface area contributed by atoms with Crippen LogP contribution in [0.3, 0.4) is 0 Å². The first kappa shape index (κ1) is 27.2. The van der Waals surface area contributed by atoms with Gasteiger partial charge in [0.25, 0.3) is 0 Å². The van der Waals surface area contributed by atoms with Gasteiger partial charge in [0.1, 0.15) is 19.2 Å². The van der Waals surface area contributed by atoms with Gasteiger partial charge in [0.2, 0.25) is 17.7 Å². The van der Waals surface area contributed by atoms with Gasteiger partial charge < -0.3 is 21.1 Å². The second-order valence-corrected chi connectivity index (χ2v) is 9.03. The number of anilines is 1. The van der Waals surface area contributed by atoms with Crippen molar-refractivity contribution in [1.82, 2.24) is 10.6 Å². The minimum atomic E-state index is -0.892. The molecule has 9 heteroatoms. The third-order valence-electron chi connectivity index (χ3n) is 5.66. The molecule has 0 spiro atoms. The number of carbonyl (C=O) groups is 4. The van der Waals surface area contributed by atoms with E-state index < -0.39 is 29.9 Å². The number of nitrogens with two attached hydrogens (primary N) is 1. The van der Waals surface area contributed by atoms with Crippen LogP contribution in [0.4, 0.5) is 10.5 Å². The molecule has 0 aliphatic heterocycles. The third-order valence-corrected chi connectivity index (χ3v) is 5.66. The number of rotatable bonds is 11. The van der Waals surface area contributed by atoms with E-state index >= 15 is 0 Å². The largest absolute Gasteiger partial charge is 0.445 e. The summed E-state index contributed by atoms with van der Waals surface area (Å²) in [5.41, 5.74) is 7.02. The van der Waals surface area contributed by atoms with Gasteiger partial charge in [0, 0.05) is 5.69 Å². The van der Waals surface area contributed by atoms with Crippen molar-refractivity contribution in [1.29, 1.82) is 0 Å². The maximum atomic E-state index is 13.3. The summed E-state index contributed by atoms with van der Waals surface area (Å²) in [6.45, 7) is 3.18. The van der Waals surface area contributed by atoms with Gasteiger partial charge in [0.15, 0.2) is 0 Å². The summed E-state index contributed by atoms with van der Waals surface area (Å²) in [7, 11) is 0. The molecule has 0 bridgehead atoms. The molecule has 3 rings (SSSR count). The normalized spacial score (nSPS) is 11.5. The van der Waals surface area contributed by atoms with Crippen LogP contribution in [-0.4, -0.2) is 42.9 Å². The van der Waals surface area contributed by atoms with Crippen LogP contribution in [-0.2, 0) is 25.7 Å². The number of primary amides is 1. The zero-order valence-electron chi connectivity index (χ0n) is 21.0. The van der Waals surface area contributed by atoms with E-state index in [9.17, 15) is 19.2 Å². The number of nitrogens with zero attached hydrogens (tertiary/aromatic N) is 1. The summed E-state index contributed by atoms with van der Waals surface area (Å²) in [4.78, 5) is 51.2. The van der Waals surface area contributed by atoms with E-state index in [4.69, 9.17) is 10.5 Å². The molecule has 0 heterocycles. The first-order chi connectivity index (χ1) is 17.7. The molecular weight excluding hydrogens is 472 g/mol. The Morgan fingerprint density at radius 3 is 2.22 bits per heavy atom. The number of ether oxygens (including phenoxy) is 1. The van der Waals surface area contributed by atoms with Crippen molar-refractivity contribution in [3.63, 3.8) is 0 Å². The lowest BCUT2D eigenvalue weighted by atomic mass is 10.00. The third kappa shape index (κ3) is 8.06. The molecule has 9 nitrogen and oxygen atoms in total. The second-order valence-electron chi connectivity index (χ2n) is 9.03. The molecule has 0 aliphatic carbocycles. The van der Waals surface area contributed by atoms with Crippen molar-refractivity contribution in [2.75, 3.05) is 18.0 Å². The number of nitrogens with one attached hydrogen (secondary N) is 2. The van der Waals surface area contributed by atoms with E-state index in [1.807, 2.05) is 80.6 Å². The summed E-state index contributed by atoms with van der Waals surface area (Å²) in [5.74, 6) is -1.62. The van der Waals surface area contributed by atoms with Crippen LogP contribution in [0.5, 0.6) is 0 Å². The van der Waals surface area contributed by atoms with Gasteiger partial charge in [-0.05, 0) is 40.8 Å². The fourth-order valence-electron chi connectivity index (χ4n) is 3.87. The average Bonchev–Trinajstić information content (AvgIpc) is 2.89. The molecule has 0 aromatic heterocycles. The molecule has 37 heavy (non-hydrogen) atoms. The quantitative estimate of drug-likeness (QED) is 0.369. The second kappa shape index (κ2) is 13.1. The highest BCUT2D eigenvalue weighted by molar-refractivity contribution is 6.04. The molecule has 3 aromatic rings. The van der Waals surface area contributed by atoms with Gasteiger partial charge in [-0.1, -0.05) is 74.5 Å². The molecule has 194 valence electrons. The summed E-state index contributed by atoms with van der Waals surface area (Å²) in [6.07, 6.45) is -0.398. The number of alkyl carbamates (subject to hydrolysis) is 1. The van der Waals surface area contributed by atoms with Crippen molar-refractivity contribution in [2.24, 2.45) is 11.7 Å². The smallest absolute Gasteiger partial charge is 0.407 e. The van der Waals surface area contributed by atoms with Crippen molar-refractivity contribution < 1.29 is 23.9 Å². The minimum absolute atomic E-state index is 0.0673. The standard InChI is InChI=1S/C28H32N4O5/c1-19(2)14-24(27(29)35)32(23-13-12-21-10-6-7-11-22(21)15-23)26(34)17-30-25(33)16-31-28(36)37-18-20-8-4-3-5-9-20/h3-13,15,19,24H,14,16-18H2,1-2H3,(H2,29,35)(H,30,33)(H,31,36)/t24-/m0/s1. The molecule has 0 saturated carbocycles. The molecule has 0 aliphatic rings. The van der Waals surface area contributed by atoms with Gasteiger partial charge in [-0.15, -0.1) is 0 Å². The summed E-state index contributed by atoms with van der Waals surface area (Å²) < 4.78 is 5.07. The van der Waals surface area contributed by atoms with Crippen LogP contribution in [0, 0.1) is 5.92 Å². The van der Waals surface area contributed by atoms with Crippen LogP contribution in [0.2, 0.25) is 0 Å². The Kier molecular flexibility index (Phi) is 9.60. The molecule has 0 unspecified atom stereocenters. The average molecular weight is 505 g/mol. The predicted molar refractivity (Wildman–Crippen MR) is 142 cm³/mol. The Morgan fingerprint density at radius 1 is 0.865 bits per heavy atom. The molecule has 1 atom stereocenters. The highest BCUT2D eigenvalue weighted by Crippen LogP contribution is 2.26. The lowest BCUT2D eigenvalue weighted by Crippen LogP contribution is -2.52. The molecule has 0 radical (unpaired) electrons. The Balaban J connectivity index is 1.64. The Hall–Kier alpha value is -4.40. The van der Waals surface area contributed by atoms with Crippen molar-refractivity contribution in [3.8, 4) is 0 Å². The highest BCUT2D eigenvalue weighted by Gasteiger charge is 2.30. The molecule has 0 fully saturated rings. The molecular formula is C28H32N4O5. The number of benzene rings is 3. The summed E-state index contributed by atoms with van der Waals surface area (Å²) >= 11 is 0. The van der Waals surface area contributed by atoms with Gasteiger partial charge >= 0.3 is 6.09 Å². The number of carbonyl (C=O) groups excluding carboxylic acids is 4. The number of amides is 4. The van der Waals surface area contributed by atoms with E-state index in [2.05, 4.69) is 10.6 Å². The lowest BCUT2D eigenvalue weighted by molar-refractivity contribution is -0.126. The van der Waals surface area contributed by atoms with Gasteiger partial charge in [-0.25, -0.2) is 4.79 Å². The molecule has 3 aromatic carbocycles. The predicted octanol–water partition coefficient (Wildman–Crippen LogP) is 3.12. The van der Waals surface area contributed by atoms with Crippen LogP contribution in [0.25, 0.3) is 10.8 Å². The number of fused-ring (bicyclic) bond motifs is 1. The van der Waals surface area contributed by atoms with Crippen LogP contribution in [0.1, 0.15) is 25.8 Å². The molecule has 4 N–H and O–H groups in total. The fraction of sp³-hybridized carbons (Fsp3) is 0.286. The van der Waals surface area contributed by atoms with Crippen molar-refractivity contribution >= 4 is 40.3 Å². The Bertz CT molecular complexity index is 1250. The summed E-state index contributed by atoms with van der Waals surface area (Å²) in [6, 6.07) is 21.3. The number of hydrogen-bond donors (Lipinski definition) is 3. The van der Waals surface area contributed by atoms with E-state index in [-0.39, 0.29) is 25.6 Å². The highest BCUT2D eigenvalue weighted by atomic mass is 16.5. The zero-order chi connectivity index (χ0) is 26.8. The SMILES string of the molecule is CC(C)C[C@@H](C(N)=O)N(C(=O)CNC(=O)CNC(=O)OCc1ccccc1)c1ccc2ccccc2c1. The summed E-state index contributed by atoms with van der Waals surface area (Å²) in [5, 5.41) is 6.73. The Labute approximate surface area is 216 Å². The van der Waals surface area contributed by atoms with Gasteiger partial charge in [0.05, 0.1) is 6.54 Å². The lowest BCUT2D eigenvalue weighted by Gasteiger charge is -2.31. The first-order valence-electron chi connectivity index (χ1n) is 12.1. The van der Waals surface area contributed by atoms with E-state index in [1.54, 1.807) is 6.07 Å². The topological polar surface area (TPSA) is 131 Å².